The number of benzene rings is 1. The van der Waals surface area contributed by atoms with Crippen molar-refractivity contribution in [1.82, 2.24) is 5.32 Å². The third-order valence-electron chi connectivity index (χ3n) is 2.70. The second-order valence-corrected chi connectivity index (χ2v) is 3.66. The van der Waals surface area contributed by atoms with Crippen molar-refractivity contribution < 1.29 is 0 Å². The molecule has 0 aliphatic rings. The van der Waals surface area contributed by atoms with E-state index in [1.54, 1.807) is 0 Å². The van der Waals surface area contributed by atoms with Gasteiger partial charge in [-0.05, 0) is 49.5 Å². The summed E-state index contributed by atoms with van der Waals surface area (Å²) in [7, 11) is 2.00. The molecule has 1 aromatic carbocycles. The Balaban J connectivity index is 2.79. The van der Waals surface area contributed by atoms with Crippen LogP contribution in [-0.2, 0) is 19.3 Å². The lowest BCUT2D eigenvalue weighted by molar-refractivity contribution is 0.790. The molecule has 1 heteroatoms. The summed E-state index contributed by atoms with van der Waals surface area (Å²) >= 11 is 0. The Bertz CT molecular complexity index is 279. The average Bonchev–Trinajstić information content (AvgIpc) is 2.25. The van der Waals surface area contributed by atoms with E-state index in [9.17, 15) is 0 Å². The molecule has 14 heavy (non-hydrogen) atoms. The molecule has 0 aliphatic carbocycles. The molecule has 78 valence electrons. The van der Waals surface area contributed by atoms with Crippen LogP contribution in [0.25, 0.3) is 0 Å². The molecular weight excluding hydrogens is 170 g/mol. The van der Waals surface area contributed by atoms with Crippen molar-refractivity contribution in [3.8, 4) is 0 Å². The standard InChI is InChI=1S/C13H21N/c1-4-12-7-6-11(8-9-14-3)10-13(12)5-2/h6-7,10,14H,4-5,8-9H2,1-3H3. The van der Waals surface area contributed by atoms with Crippen LogP contribution in [0.5, 0.6) is 0 Å². The first kappa shape index (κ1) is 11.3. The number of hydrogen-bond donors (Lipinski definition) is 1. The van der Waals surface area contributed by atoms with E-state index in [1.165, 1.54) is 16.7 Å². The van der Waals surface area contributed by atoms with Gasteiger partial charge in [0, 0.05) is 0 Å². The Morgan fingerprint density at radius 1 is 1.07 bits per heavy atom. The minimum absolute atomic E-state index is 1.06. The fourth-order valence-electron chi connectivity index (χ4n) is 1.78. The highest BCUT2D eigenvalue weighted by atomic mass is 14.8. The van der Waals surface area contributed by atoms with Crippen LogP contribution < -0.4 is 5.32 Å². The van der Waals surface area contributed by atoms with E-state index in [0.29, 0.717) is 0 Å². The van der Waals surface area contributed by atoms with Crippen LogP contribution in [0.3, 0.4) is 0 Å². The number of nitrogens with one attached hydrogen (secondary N) is 1. The number of likely N-dealkylation sites (N-methyl/N-ethyl adjacent to an activating group) is 1. The summed E-state index contributed by atoms with van der Waals surface area (Å²) in [6.07, 6.45) is 3.43. The van der Waals surface area contributed by atoms with Crippen molar-refractivity contribution >= 4 is 0 Å². The minimum Gasteiger partial charge on any atom is -0.319 e. The SMILES string of the molecule is CCc1ccc(CCNC)cc1CC. The maximum Gasteiger partial charge on any atom is -0.00114 e. The Hall–Kier alpha value is -0.820. The van der Waals surface area contributed by atoms with Crippen LogP contribution in [0.1, 0.15) is 30.5 Å². The van der Waals surface area contributed by atoms with Gasteiger partial charge in [0.2, 0.25) is 0 Å². The summed E-state index contributed by atoms with van der Waals surface area (Å²) in [4.78, 5) is 0. The molecule has 0 amide bonds. The van der Waals surface area contributed by atoms with Gasteiger partial charge in [-0.25, -0.2) is 0 Å². The molecule has 0 aromatic heterocycles. The lowest BCUT2D eigenvalue weighted by atomic mass is 9.99. The fourth-order valence-corrected chi connectivity index (χ4v) is 1.78. The van der Waals surface area contributed by atoms with Gasteiger partial charge >= 0.3 is 0 Å². The van der Waals surface area contributed by atoms with Crippen molar-refractivity contribution in [2.75, 3.05) is 13.6 Å². The van der Waals surface area contributed by atoms with E-state index in [1.807, 2.05) is 7.05 Å². The highest BCUT2D eigenvalue weighted by molar-refractivity contribution is 5.32. The van der Waals surface area contributed by atoms with Crippen LogP contribution >= 0.6 is 0 Å². The Kier molecular flexibility index (Phi) is 4.68. The molecule has 0 atom stereocenters. The maximum atomic E-state index is 3.18. The predicted octanol–water partition coefficient (Wildman–Crippen LogP) is 2.57. The predicted molar refractivity (Wildman–Crippen MR) is 62.8 cm³/mol. The van der Waals surface area contributed by atoms with Gasteiger partial charge in [0.15, 0.2) is 0 Å². The van der Waals surface area contributed by atoms with Gasteiger partial charge in [-0.15, -0.1) is 0 Å². The van der Waals surface area contributed by atoms with E-state index in [2.05, 4.69) is 37.4 Å². The molecule has 1 rings (SSSR count). The van der Waals surface area contributed by atoms with Gasteiger partial charge in [0.25, 0.3) is 0 Å². The van der Waals surface area contributed by atoms with Gasteiger partial charge in [-0.3, -0.25) is 0 Å². The Morgan fingerprint density at radius 3 is 2.36 bits per heavy atom. The van der Waals surface area contributed by atoms with Crippen LogP contribution in [0.4, 0.5) is 0 Å². The van der Waals surface area contributed by atoms with Crippen molar-refractivity contribution in [3.05, 3.63) is 34.9 Å². The first-order valence-corrected chi connectivity index (χ1v) is 5.57. The first-order valence-electron chi connectivity index (χ1n) is 5.57. The Morgan fingerprint density at radius 2 is 1.79 bits per heavy atom. The van der Waals surface area contributed by atoms with Crippen LogP contribution in [0, 0.1) is 0 Å². The molecule has 1 N–H and O–H groups in total. The summed E-state index contributed by atoms with van der Waals surface area (Å²) in [6.45, 7) is 5.52. The van der Waals surface area contributed by atoms with Gasteiger partial charge in [0.05, 0.1) is 0 Å². The molecule has 0 saturated carbocycles. The highest BCUT2D eigenvalue weighted by Gasteiger charge is 2.00. The zero-order valence-electron chi connectivity index (χ0n) is 9.56. The number of aryl methyl sites for hydroxylation is 2. The zero-order chi connectivity index (χ0) is 10.4. The quantitative estimate of drug-likeness (QED) is 0.754. The number of rotatable bonds is 5. The molecule has 0 heterocycles. The molecule has 0 unspecified atom stereocenters. The lowest BCUT2D eigenvalue weighted by Gasteiger charge is -2.08. The fraction of sp³-hybridized carbons (Fsp3) is 0.538. The second-order valence-electron chi connectivity index (χ2n) is 3.66. The molecule has 0 spiro atoms. The topological polar surface area (TPSA) is 12.0 Å². The van der Waals surface area contributed by atoms with E-state index in [4.69, 9.17) is 0 Å². The maximum absolute atomic E-state index is 3.18. The van der Waals surface area contributed by atoms with Crippen LogP contribution in [0.15, 0.2) is 18.2 Å². The second kappa shape index (κ2) is 5.82. The van der Waals surface area contributed by atoms with Crippen molar-refractivity contribution in [2.45, 2.75) is 33.1 Å². The highest BCUT2D eigenvalue weighted by Crippen LogP contribution is 2.13. The van der Waals surface area contributed by atoms with Gasteiger partial charge in [-0.2, -0.15) is 0 Å². The molecular formula is C13H21N. The van der Waals surface area contributed by atoms with Crippen molar-refractivity contribution in [3.63, 3.8) is 0 Å². The summed E-state index contributed by atoms with van der Waals surface area (Å²) in [5.74, 6) is 0. The number of hydrogen-bond acceptors (Lipinski definition) is 1. The molecule has 1 nitrogen and oxygen atoms in total. The summed E-state index contributed by atoms with van der Waals surface area (Å²) in [5.41, 5.74) is 4.47. The molecule has 0 bridgehead atoms. The zero-order valence-corrected chi connectivity index (χ0v) is 9.56. The average molecular weight is 191 g/mol. The molecule has 0 fully saturated rings. The lowest BCUT2D eigenvalue weighted by Crippen LogP contribution is -2.10. The van der Waals surface area contributed by atoms with Crippen molar-refractivity contribution in [1.29, 1.82) is 0 Å². The largest absolute Gasteiger partial charge is 0.319 e. The third kappa shape index (κ3) is 2.85. The van der Waals surface area contributed by atoms with Gasteiger partial charge in [-0.1, -0.05) is 32.0 Å². The van der Waals surface area contributed by atoms with E-state index >= 15 is 0 Å². The summed E-state index contributed by atoms with van der Waals surface area (Å²) in [6, 6.07) is 6.90. The van der Waals surface area contributed by atoms with Crippen LogP contribution in [-0.4, -0.2) is 13.6 Å². The van der Waals surface area contributed by atoms with E-state index in [-0.39, 0.29) is 0 Å². The molecule has 0 saturated heterocycles. The minimum atomic E-state index is 1.06. The normalized spacial score (nSPS) is 10.5. The Labute approximate surface area is 87.5 Å². The first-order chi connectivity index (χ1) is 6.81. The monoisotopic (exact) mass is 191 g/mol. The van der Waals surface area contributed by atoms with E-state index in [0.717, 1.165) is 25.8 Å². The molecule has 1 aromatic rings. The molecule has 0 aliphatic heterocycles. The van der Waals surface area contributed by atoms with E-state index < -0.39 is 0 Å². The van der Waals surface area contributed by atoms with Crippen molar-refractivity contribution in [2.24, 2.45) is 0 Å². The van der Waals surface area contributed by atoms with Gasteiger partial charge < -0.3 is 5.32 Å². The van der Waals surface area contributed by atoms with Crippen LogP contribution in [0.2, 0.25) is 0 Å². The smallest absolute Gasteiger partial charge is 0.00114 e. The van der Waals surface area contributed by atoms with Gasteiger partial charge in [0.1, 0.15) is 0 Å². The summed E-state index contributed by atoms with van der Waals surface area (Å²) in [5, 5.41) is 3.18. The molecule has 0 radical (unpaired) electrons. The third-order valence-corrected chi connectivity index (χ3v) is 2.70. The summed E-state index contributed by atoms with van der Waals surface area (Å²) < 4.78 is 0.